The lowest BCUT2D eigenvalue weighted by Crippen LogP contribution is -2.20. The van der Waals surface area contributed by atoms with E-state index in [0.29, 0.717) is 37.0 Å². The van der Waals surface area contributed by atoms with Crippen LogP contribution in [0.2, 0.25) is 5.02 Å². The van der Waals surface area contributed by atoms with Gasteiger partial charge in [-0.1, -0.05) is 29.3 Å². The molecule has 0 unspecified atom stereocenters. The molecule has 0 heterocycles. The van der Waals surface area contributed by atoms with Crippen LogP contribution in [-0.4, -0.2) is 25.5 Å². The zero-order valence-electron chi connectivity index (χ0n) is 18.9. The first-order valence-electron chi connectivity index (χ1n) is 10.3. The van der Waals surface area contributed by atoms with Crippen molar-refractivity contribution in [3.05, 3.63) is 86.0 Å². The zero-order valence-corrected chi connectivity index (χ0v) is 21.8. The summed E-state index contributed by atoms with van der Waals surface area (Å²) in [5.41, 5.74) is 2.75. The fourth-order valence-corrected chi connectivity index (χ4v) is 3.89. The van der Waals surface area contributed by atoms with Gasteiger partial charge in [-0.25, -0.2) is 0 Å². The van der Waals surface area contributed by atoms with Crippen LogP contribution < -0.4 is 20.1 Å². The number of nitrogens with zero attached hydrogens (tertiary/aromatic N) is 1. The summed E-state index contributed by atoms with van der Waals surface area (Å²) < 4.78 is 11.8. The first kappa shape index (κ1) is 26.1. The summed E-state index contributed by atoms with van der Waals surface area (Å²) in [6, 6.07) is 19.3. The Hall–Kier alpha value is -3.55. The van der Waals surface area contributed by atoms with Gasteiger partial charge in [0.15, 0.2) is 18.1 Å². The fraction of sp³-hybridized carbons (Fsp3) is 0.115. The second-order valence-corrected chi connectivity index (χ2v) is 8.97. The van der Waals surface area contributed by atoms with Crippen molar-refractivity contribution in [3.63, 3.8) is 0 Å². The number of hydrogen-bond acceptors (Lipinski definition) is 5. The molecule has 0 bridgehead atoms. The lowest BCUT2D eigenvalue weighted by Gasteiger charge is -2.14. The Balaban J connectivity index is 1.72. The molecule has 2 N–H and O–H groups in total. The number of ether oxygens (including phenoxy) is 2. The maximum absolute atomic E-state index is 12.5. The molecular formula is C26H21ClIN3O4. The maximum Gasteiger partial charge on any atom is 0.266 e. The molecule has 0 aromatic heterocycles. The zero-order chi connectivity index (χ0) is 25.4. The van der Waals surface area contributed by atoms with E-state index >= 15 is 0 Å². The van der Waals surface area contributed by atoms with Gasteiger partial charge in [0.25, 0.3) is 11.8 Å². The van der Waals surface area contributed by atoms with Crippen LogP contribution >= 0.6 is 34.2 Å². The summed E-state index contributed by atoms with van der Waals surface area (Å²) in [6.07, 6.45) is 1.45. The number of nitriles is 1. The first-order chi connectivity index (χ1) is 16.8. The van der Waals surface area contributed by atoms with Crippen molar-refractivity contribution in [1.29, 1.82) is 5.26 Å². The van der Waals surface area contributed by atoms with Crippen molar-refractivity contribution < 1.29 is 19.1 Å². The van der Waals surface area contributed by atoms with Crippen LogP contribution in [0.15, 0.2) is 66.2 Å². The fourth-order valence-electron chi connectivity index (χ4n) is 2.98. The number of carbonyl (C=O) groups excluding carboxylic acids is 2. The molecule has 0 aliphatic heterocycles. The molecular weight excluding hydrogens is 581 g/mol. The molecule has 3 aromatic rings. The Kier molecular flexibility index (Phi) is 9.11. The molecule has 0 spiro atoms. The SMILES string of the molecule is COc1cc(/C=C(\C#N)C(=O)Nc2ccc(Cl)cc2)cc(I)c1OCC(=O)Nc1ccc(C)cc1. The Bertz CT molecular complexity index is 1300. The van der Waals surface area contributed by atoms with E-state index in [1.54, 1.807) is 36.4 Å². The highest BCUT2D eigenvalue weighted by atomic mass is 127. The Labute approximate surface area is 221 Å². The number of hydrogen-bond donors (Lipinski definition) is 2. The van der Waals surface area contributed by atoms with Crippen molar-refractivity contribution >= 4 is 63.5 Å². The molecule has 35 heavy (non-hydrogen) atoms. The van der Waals surface area contributed by atoms with Gasteiger partial charge in [0, 0.05) is 16.4 Å². The monoisotopic (exact) mass is 601 g/mol. The summed E-state index contributed by atoms with van der Waals surface area (Å²) in [5.74, 6) is -0.131. The molecule has 0 saturated heterocycles. The van der Waals surface area contributed by atoms with Gasteiger partial charge in [-0.3, -0.25) is 9.59 Å². The van der Waals surface area contributed by atoms with E-state index in [-0.39, 0.29) is 18.1 Å². The summed E-state index contributed by atoms with van der Waals surface area (Å²) in [4.78, 5) is 24.8. The predicted molar refractivity (Wildman–Crippen MR) is 145 cm³/mol. The maximum atomic E-state index is 12.5. The van der Waals surface area contributed by atoms with Gasteiger partial charge in [0.1, 0.15) is 11.6 Å². The number of carbonyl (C=O) groups is 2. The number of aryl methyl sites for hydroxylation is 1. The number of amides is 2. The molecule has 9 heteroatoms. The van der Waals surface area contributed by atoms with Gasteiger partial charge in [0.2, 0.25) is 0 Å². The number of rotatable bonds is 8. The minimum Gasteiger partial charge on any atom is -0.493 e. The lowest BCUT2D eigenvalue weighted by molar-refractivity contribution is -0.118. The van der Waals surface area contributed by atoms with Gasteiger partial charge in [-0.2, -0.15) is 5.26 Å². The average Bonchev–Trinajstić information content (AvgIpc) is 2.84. The predicted octanol–water partition coefficient (Wildman–Crippen LogP) is 5.82. The van der Waals surface area contributed by atoms with Crippen molar-refractivity contribution in [3.8, 4) is 17.6 Å². The van der Waals surface area contributed by atoms with Gasteiger partial charge >= 0.3 is 0 Å². The van der Waals surface area contributed by atoms with E-state index in [9.17, 15) is 14.9 Å². The molecule has 178 valence electrons. The molecule has 0 fully saturated rings. The van der Waals surface area contributed by atoms with Crippen LogP contribution in [0, 0.1) is 21.8 Å². The number of halogens is 2. The molecule has 0 aliphatic rings. The van der Waals surface area contributed by atoms with Crippen LogP contribution in [0.25, 0.3) is 6.08 Å². The van der Waals surface area contributed by atoms with Crippen LogP contribution in [0.4, 0.5) is 11.4 Å². The smallest absolute Gasteiger partial charge is 0.266 e. The minimum absolute atomic E-state index is 0.0936. The molecule has 0 atom stereocenters. The highest BCUT2D eigenvalue weighted by molar-refractivity contribution is 14.1. The van der Waals surface area contributed by atoms with Crippen LogP contribution in [0.3, 0.4) is 0 Å². The van der Waals surface area contributed by atoms with E-state index in [1.807, 2.05) is 59.8 Å². The third-order valence-electron chi connectivity index (χ3n) is 4.71. The number of methoxy groups -OCH3 is 1. The Morgan fingerprint density at radius 2 is 1.69 bits per heavy atom. The molecule has 0 radical (unpaired) electrons. The Morgan fingerprint density at radius 3 is 2.31 bits per heavy atom. The molecule has 3 rings (SSSR count). The average molecular weight is 602 g/mol. The van der Waals surface area contributed by atoms with Crippen LogP contribution in [0.1, 0.15) is 11.1 Å². The first-order valence-corrected chi connectivity index (χ1v) is 11.8. The minimum atomic E-state index is -0.558. The number of nitrogens with one attached hydrogen (secondary N) is 2. The topological polar surface area (TPSA) is 100 Å². The largest absolute Gasteiger partial charge is 0.493 e. The van der Waals surface area contributed by atoms with E-state index in [0.717, 1.165) is 5.56 Å². The standard InChI is InChI=1S/C26H21ClIN3O4/c1-16-3-7-20(8-4-16)30-24(32)15-35-25-22(28)12-17(13-23(25)34-2)11-18(14-29)26(33)31-21-9-5-19(27)6-10-21/h3-13H,15H2,1-2H3,(H,30,32)(H,31,33)/b18-11+. The number of anilines is 2. The van der Waals surface area contributed by atoms with E-state index in [4.69, 9.17) is 21.1 Å². The summed E-state index contributed by atoms with van der Waals surface area (Å²) in [6.45, 7) is 1.75. The second-order valence-electron chi connectivity index (χ2n) is 7.37. The lowest BCUT2D eigenvalue weighted by atomic mass is 10.1. The van der Waals surface area contributed by atoms with E-state index in [1.165, 1.54) is 13.2 Å². The number of benzene rings is 3. The molecule has 0 saturated carbocycles. The third-order valence-corrected chi connectivity index (χ3v) is 5.77. The van der Waals surface area contributed by atoms with Crippen molar-refractivity contribution in [2.24, 2.45) is 0 Å². The highest BCUT2D eigenvalue weighted by Crippen LogP contribution is 2.34. The quantitative estimate of drug-likeness (QED) is 0.192. The summed E-state index contributed by atoms with van der Waals surface area (Å²) >= 11 is 7.91. The molecule has 7 nitrogen and oxygen atoms in total. The van der Waals surface area contributed by atoms with Gasteiger partial charge in [0.05, 0.1) is 10.7 Å². The van der Waals surface area contributed by atoms with Crippen LogP contribution in [-0.2, 0) is 9.59 Å². The van der Waals surface area contributed by atoms with Crippen LogP contribution in [0.5, 0.6) is 11.5 Å². The Morgan fingerprint density at radius 1 is 1.06 bits per heavy atom. The normalized spacial score (nSPS) is 10.8. The third kappa shape index (κ3) is 7.47. The van der Waals surface area contributed by atoms with Crippen molar-refractivity contribution in [2.45, 2.75) is 6.92 Å². The highest BCUT2D eigenvalue weighted by Gasteiger charge is 2.15. The van der Waals surface area contributed by atoms with E-state index < -0.39 is 5.91 Å². The van der Waals surface area contributed by atoms with Gasteiger partial charge < -0.3 is 20.1 Å². The second kappa shape index (κ2) is 12.2. The molecule has 3 aromatic carbocycles. The molecule has 2 amide bonds. The van der Waals surface area contributed by atoms with Gasteiger partial charge in [-0.15, -0.1) is 0 Å². The van der Waals surface area contributed by atoms with E-state index in [2.05, 4.69) is 10.6 Å². The summed E-state index contributed by atoms with van der Waals surface area (Å²) in [5, 5.41) is 15.5. The summed E-state index contributed by atoms with van der Waals surface area (Å²) in [7, 11) is 1.47. The molecule has 0 aliphatic carbocycles. The van der Waals surface area contributed by atoms with Crippen molar-refractivity contribution in [1.82, 2.24) is 0 Å². The van der Waals surface area contributed by atoms with Gasteiger partial charge in [-0.05, 0) is 89.7 Å². The van der Waals surface area contributed by atoms with Crippen molar-refractivity contribution in [2.75, 3.05) is 24.4 Å².